The van der Waals surface area contributed by atoms with Gasteiger partial charge in [-0.3, -0.25) is 9.36 Å². The third-order valence-electron chi connectivity index (χ3n) is 5.06. The topological polar surface area (TPSA) is 102 Å². The Kier molecular flexibility index (Phi) is 8.44. The average molecular weight is 631 g/mol. The van der Waals surface area contributed by atoms with Crippen molar-refractivity contribution in [2.45, 2.75) is 12.1 Å². The Morgan fingerprint density at radius 3 is 2.56 bits per heavy atom. The molecule has 3 aromatic carbocycles. The summed E-state index contributed by atoms with van der Waals surface area (Å²) in [6, 6.07) is 19.0. The highest BCUT2D eigenvalue weighted by atomic mass is 79.9. The molecule has 0 atom stereocenters. The third-order valence-corrected chi connectivity index (χ3v) is 7.05. The molecule has 2 N–H and O–H groups in total. The second-order valence-electron chi connectivity index (χ2n) is 7.61. The number of hydrazone groups is 1. The minimum Gasteiger partial charge on any atom is -0.506 e. The fourth-order valence-electron chi connectivity index (χ4n) is 3.24. The Hall–Kier alpha value is -3.15. The quantitative estimate of drug-likeness (QED) is 0.147. The number of aryl methyl sites for hydroxylation is 1. The van der Waals surface area contributed by atoms with E-state index in [1.165, 1.54) is 18.0 Å². The van der Waals surface area contributed by atoms with E-state index in [0.717, 1.165) is 27.0 Å². The number of methoxy groups -OCH3 is 1. The number of nitrogens with zero attached hydrogens (tertiary/aromatic N) is 4. The van der Waals surface area contributed by atoms with Crippen LogP contribution >= 0.6 is 43.6 Å². The molecule has 4 aromatic rings. The summed E-state index contributed by atoms with van der Waals surface area (Å²) in [5.41, 5.74) is 5.82. The van der Waals surface area contributed by atoms with E-state index in [4.69, 9.17) is 4.74 Å². The summed E-state index contributed by atoms with van der Waals surface area (Å²) in [4.78, 5) is 12.5. The van der Waals surface area contributed by atoms with Crippen molar-refractivity contribution in [3.05, 3.63) is 80.7 Å². The molecule has 1 amide bonds. The summed E-state index contributed by atoms with van der Waals surface area (Å²) in [7, 11) is 1.62. The molecule has 0 saturated carbocycles. The van der Waals surface area contributed by atoms with Crippen LogP contribution in [-0.2, 0) is 4.79 Å². The molecule has 8 nitrogen and oxygen atoms in total. The first-order chi connectivity index (χ1) is 17.4. The van der Waals surface area contributed by atoms with E-state index in [2.05, 4.69) is 52.6 Å². The second-order valence-corrected chi connectivity index (χ2v) is 10.3. The summed E-state index contributed by atoms with van der Waals surface area (Å²) in [5.74, 6) is 1.16. The minimum absolute atomic E-state index is 0.0294. The molecular weight excluding hydrogens is 610 g/mol. The molecule has 0 aliphatic heterocycles. The number of ether oxygens (including phenoxy) is 1. The van der Waals surface area contributed by atoms with Gasteiger partial charge in [-0.2, -0.15) is 5.10 Å². The molecule has 0 spiro atoms. The van der Waals surface area contributed by atoms with Crippen molar-refractivity contribution < 1.29 is 14.6 Å². The van der Waals surface area contributed by atoms with Crippen LogP contribution in [-0.4, -0.2) is 44.9 Å². The number of hydrogen-bond acceptors (Lipinski definition) is 7. The summed E-state index contributed by atoms with van der Waals surface area (Å²) in [6.45, 7) is 2.02. The number of nitrogens with one attached hydrogen (secondary N) is 1. The molecule has 11 heteroatoms. The van der Waals surface area contributed by atoms with Gasteiger partial charge in [-0.25, -0.2) is 5.43 Å². The van der Waals surface area contributed by atoms with Crippen LogP contribution in [0.1, 0.15) is 11.1 Å². The number of carbonyl (C=O) groups excluding carboxylic acids is 1. The molecular formula is C25H21Br2N5O3S. The van der Waals surface area contributed by atoms with Crippen molar-refractivity contribution in [1.29, 1.82) is 0 Å². The number of amides is 1. The van der Waals surface area contributed by atoms with Gasteiger partial charge >= 0.3 is 0 Å². The molecule has 36 heavy (non-hydrogen) atoms. The maximum Gasteiger partial charge on any atom is 0.250 e. The number of phenolic OH excluding ortho intramolecular Hbond substituents is 1. The average Bonchev–Trinajstić information content (AvgIpc) is 3.30. The normalized spacial score (nSPS) is 11.1. The lowest BCUT2D eigenvalue weighted by atomic mass is 10.1. The summed E-state index contributed by atoms with van der Waals surface area (Å²) in [5, 5.41) is 23.4. The molecule has 0 unspecified atom stereocenters. The van der Waals surface area contributed by atoms with Gasteiger partial charge in [0.25, 0.3) is 5.91 Å². The fraction of sp³-hybridized carbons (Fsp3) is 0.120. The number of rotatable bonds is 8. The summed E-state index contributed by atoms with van der Waals surface area (Å²) < 4.78 is 8.46. The standard InChI is InChI=1S/C25H21Br2N5O3S/c1-15-3-5-16(6-4-15)24-30-31-25(32(24)19-7-9-20(35-2)10-8-19)36-14-22(33)29-28-13-17-11-18(26)12-21(27)23(17)34/h3-13,34H,14H2,1-2H3,(H,29,33). The largest absolute Gasteiger partial charge is 0.506 e. The molecule has 0 bridgehead atoms. The van der Waals surface area contributed by atoms with Crippen molar-refractivity contribution in [3.8, 4) is 28.6 Å². The smallest absolute Gasteiger partial charge is 0.250 e. The SMILES string of the molecule is COc1ccc(-n2c(SCC(=O)NN=Cc3cc(Br)cc(Br)c3O)nnc2-c2ccc(C)cc2)cc1. The Balaban J connectivity index is 1.52. The van der Waals surface area contributed by atoms with Gasteiger partial charge in [0.1, 0.15) is 11.5 Å². The Labute approximate surface area is 229 Å². The van der Waals surface area contributed by atoms with Crippen molar-refractivity contribution in [3.63, 3.8) is 0 Å². The van der Waals surface area contributed by atoms with E-state index >= 15 is 0 Å². The number of carbonyl (C=O) groups is 1. The van der Waals surface area contributed by atoms with Crippen LogP contribution in [0.4, 0.5) is 0 Å². The third kappa shape index (κ3) is 6.15. The number of benzene rings is 3. The van der Waals surface area contributed by atoms with Gasteiger partial charge in [-0.1, -0.05) is 57.5 Å². The van der Waals surface area contributed by atoms with E-state index < -0.39 is 0 Å². The fourth-order valence-corrected chi connectivity index (χ4v) is 5.24. The van der Waals surface area contributed by atoms with Crippen molar-refractivity contribution >= 4 is 55.7 Å². The molecule has 1 aromatic heterocycles. The second kappa shape index (κ2) is 11.7. The number of aromatic nitrogens is 3. The maximum absolute atomic E-state index is 12.5. The summed E-state index contributed by atoms with van der Waals surface area (Å²) >= 11 is 7.87. The van der Waals surface area contributed by atoms with Crippen LogP contribution in [0.5, 0.6) is 11.5 Å². The van der Waals surface area contributed by atoms with Gasteiger partial charge in [0, 0.05) is 21.3 Å². The first kappa shape index (κ1) is 25.9. The number of thioether (sulfide) groups is 1. The maximum atomic E-state index is 12.5. The molecule has 1 heterocycles. The first-order valence-electron chi connectivity index (χ1n) is 10.7. The monoisotopic (exact) mass is 629 g/mol. The lowest BCUT2D eigenvalue weighted by Crippen LogP contribution is -2.20. The molecule has 0 aliphatic rings. The number of phenols is 1. The van der Waals surface area contributed by atoms with E-state index in [1.54, 1.807) is 19.2 Å². The highest BCUT2D eigenvalue weighted by molar-refractivity contribution is 9.11. The molecule has 4 rings (SSSR count). The van der Waals surface area contributed by atoms with E-state index in [1.807, 2.05) is 60.0 Å². The van der Waals surface area contributed by atoms with E-state index in [0.29, 0.717) is 21.0 Å². The van der Waals surface area contributed by atoms with Gasteiger partial charge in [-0.05, 0) is 59.3 Å². The van der Waals surface area contributed by atoms with Crippen LogP contribution in [0.3, 0.4) is 0 Å². The van der Waals surface area contributed by atoms with Crippen molar-refractivity contribution in [1.82, 2.24) is 20.2 Å². The molecule has 0 aliphatic carbocycles. The summed E-state index contributed by atoms with van der Waals surface area (Å²) in [6.07, 6.45) is 1.38. The van der Waals surface area contributed by atoms with Gasteiger partial charge in [0.2, 0.25) is 0 Å². The van der Waals surface area contributed by atoms with Crippen molar-refractivity contribution in [2.24, 2.45) is 5.10 Å². The lowest BCUT2D eigenvalue weighted by Gasteiger charge is -2.11. The zero-order valence-electron chi connectivity index (χ0n) is 19.3. The van der Waals surface area contributed by atoms with Gasteiger partial charge in [0.15, 0.2) is 11.0 Å². The number of hydrogen-bond donors (Lipinski definition) is 2. The highest BCUT2D eigenvalue weighted by Crippen LogP contribution is 2.31. The van der Waals surface area contributed by atoms with Crippen LogP contribution in [0.2, 0.25) is 0 Å². The van der Waals surface area contributed by atoms with Gasteiger partial charge in [-0.15, -0.1) is 10.2 Å². The Bertz CT molecular complexity index is 1410. The molecule has 0 fully saturated rings. The van der Waals surface area contributed by atoms with Crippen molar-refractivity contribution in [2.75, 3.05) is 12.9 Å². The zero-order chi connectivity index (χ0) is 25.7. The van der Waals surface area contributed by atoms with E-state index in [9.17, 15) is 9.90 Å². The lowest BCUT2D eigenvalue weighted by molar-refractivity contribution is -0.118. The van der Waals surface area contributed by atoms with Crippen LogP contribution in [0, 0.1) is 6.92 Å². The Morgan fingerprint density at radius 1 is 1.14 bits per heavy atom. The minimum atomic E-state index is -0.328. The number of aromatic hydroxyl groups is 1. The molecule has 0 saturated heterocycles. The Morgan fingerprint density at radius 2 is 1.86 bits per heavy atom. The predicted molar refractivity (Wildman–Crippen MR) is 148 cm³/mol. The first-order valence-corrected chi connectivity index (χ1v) is 13.2. The van der Waals surface area contributed by atoms with E-state index in [-0.39, 0.29) is 17.4 Å². The predicted octanol–water partition coefficient (Wildman–Crippen LogP) is 5.72. The van der Waals surface area contributed by atoms with Crippen LogP contribution in [0.25, 0.3) is 17.1 Å². The number of halogens is 2. The molecule has 184 valence electrons. The van der Waals surface area contributed by atoms with Crippen LogP contribution < -0.4 is 10.2 Å². The molecule has 0 radical (unpaired) electrons. The zero-order valence-corrected chi connectivity index (χ0v) is 23.3. The van der Waals surface area contributed by atoms with Gasteiger partial charge in [0.05, 0.1) is 23.5 Å². The van der Waals surface area contributed by atoms with Crippen LogP contribution in [0.15, 0.2) is 79.9 Å². The van der Waals surface area contributed by atoms with Gasteiger partial charge < -0.3 is 9.84 Å². The highest BCUT2D eigenvalue weighted by Gasteiger charge is 2.17.